The normalized spacial score (nSPS) is 20.8. The van der Waals surface area contributed by atoms with Crippen LogP contribution in [-0.4, -0.2) is 33.6 Å². The lowest BCUT2D eigenvalue weighted by Crippen LogP contribution is -2.39. The van der Waals surface area contributed by atoms with Crippen molar-refractivity contribution in [3.63, 3.8) is 0 Å². The first-order valence-electron chi connectivity index (χ1n) is 12.3. The van der Waals surface area contributed by atoms with Crippen molar-refractivity contribution in [2.75, 3.05) is 16.8 Å². The van der Waals surface area contributed by atoms with Gasteiger partial charge in [0, 0.05) is 12.6 Å². The number of carboxylic acids is 1. The highest BCUT2D eigenvalue weighted by Crippen LogP contribution is 2.49. The maximum Gasteiger partial charge on any atom is 0.307 e. The third-order valence-electron chi connectivity index (χ3n) is 7.09. The summed E-state index contributed by atoms with van der Waals surface area (Å²) in [5.41, 5.74) is 5.22. The van der Waals surface area contributed by atoms with Gasteiger partial charge >= 0.3 is 5.97 Å². The SMILES string of the molecule is CC(C)CN(c1ccc([C@H]2C[C@H]2C(=O)O)cc1Nc1nc2ccccc2[nH]1)C1CCCCC1. The van der Waals surface area contributed by atoms with E-state index in [-0.39, 0.29) is 11.8 Å². The van der Waals surface area contributed by atoms with Crippen molar-refractivity contribution in [2.24, 2.45) is 11.8 Å². The van der Waals surface area contributed by atoms with E-state index in [1.165, 1.54) is 37.8 Å². The summed E-state index contributed by atoms with van der Waals surface area (Å²) in [7, 11) is 0. The molecule has 2 aromatic carbocycles. The lowest BCUT2D eigenvalue weighted by Gasteiger charge is -2.38. The van der Waals surface area contributed by atoms with Crippen LogP contribution in [0.2, 0.25) is 0 Å². The van der Waals surface area contributed by atoms with Crippen LogP contribution in [0.5, 0.6) is 0 Å². The Morgan fingerprint density at radius 1 is 1.18 bits per heavy atom. The van der Waals surface area contributed by atoms with Gasteiger partial charge in [0.25, 0.3) is 0 Å². The Bertz CT molecular complexity index is 1100. The van der Waals surface area contributed by atoms with Crippen LogP contribution in [0.4, 0.5) is 17.3 Å². The van der Waals surface area contributed by atoms with Crippen LogP contribution >= 0.6 is 0 Å². The highest BCUT2D eigenvalue weighted by Gasteiger charge is 2.44. The molecule has 2 aliphatic rings. The summed E-state index contributed by atoms with van der Waals surface area (Å²) in [4.78, 5) is 22.2. The van der Waals surface area contributed by atoms with E-state index in [4.69, 9.17) is 4.98 Å². The number of nitrogens with zero attached hydrogens (tertiary/aromatic N) is 2. The van der Waals surface area contributed by atoms with Crippen LogP contribution < -0.4 is 10.2 Å². The van der Waals surface area contributed by atoms with Gasteiger partial charge in [-0.2, -0.15) is 0 Å². The van der Waals surface area contributed by atoms with Gasteiger partial charge in [-0.1, -0.05) is 51.3 Å². The molecule has 2 aliphatic carbocycles. The van der Waals surface area contributed by atoms with Crippen LogP contribution in [-0.2, 0) is 4.79 Å². The summed E-state index contributed by atoms with van der Waals surface area (Å²) >= 11 is 0. The van der Waals surface area contributed by atoms with Crippen molar-refractivity contribution in [3.05, 3.63) is 48.0 Å². The highest BCUT2D eigenvalue weighted by molar-refractivity contribution is 5.81. The monoisotopic (exact) mass is 446 g/mol. The maximum absolute atomic E-state index is 11.5. The molecule has 33 heavy (non-hydrogen) atoms. The Balaban J connectivity index is 1.52. The second-order valence-electron chi connectivity index (χ2n) is 10.1. The van der Waals surface area contributed by atoms with Crippen molar-refractivity contribution in [2.45, 2.75) is 64.3 Å². The Kier molecular flexibility index (Phi) is 6.00. The molecule has 2 atom stereocenters. The fourth-order valence-electron chi connectivity index (χ4n) is 5.34. The Morgan fingerprint density at radius 3 is 2.67 bits per heavy atom. The number of nitrogens with one attached hydrogen (secondary N) is 2. The number of hydrogen-bond donors (Lipinski definition) is 3. The number of carbonyl (C=O) groups is 1. The van der Waals surface area contributed by atoms with Gasteiger partial charge in [-0.3, -0.25) is 4.79 Å². The number of H-pyrrole nitrogens is 1. The average molecular weight is 447 g/mol. The number of aromatic amines is 1. The zero-order valence-electron chi connectivity index (χ0n) is 19.6. The number of hydrogen-bond acceptors (Lipinski definition) is 4. The van der Waals surface area contributed by atoms with Crippen molar-refractivity contribution in [1.29, 1.82) is 0 Å². The van der Waals surface area contributed by atoms with Gasteiger partial charge in [-0.25, -0.2) is 4.98 Å². The van der Waals surface area contributed by atoms with Crippen LogP contribution in [0, 0.1) is 11.8 Å². The Labute approximate surface area is 195 Å². The third kappa shape index (κ3) is 4.70. The van der Waals surface area contributed by atoms with Gasteiger partial charge in [0.15, 0.2) is 0 Å². The van der Waals surface area contributed by atoms with E-state index in [2.05, 4.69) is 47.2 Å². The minimum atomic E-state index is -0.695. The summed E-state index contributed by atoms with van der Waals surface area (Å²) in [6.45, 7) is 5.55. The molecule has 6 heteroatoms. The minimum absolute atomic E-state index is 0.0982. The molecule has 2 fully saturated rings. The van der Waals surface area contributed by atoms with E-state index in [0.29, 0.717) is 17.9 Å². The van der Waals surface area contributed by atoms with Crippen LogP contribution in [0.1, 0.15) is 63.9 Å². The smallest absolute Gasteiger partial charge is 0.307 e. The molecule has 0 amide bonds. The molecule has 6 nitrogen and oxygen atoms in total. The van der Waals surface area contributed by atoms with E-state index in [0.717, 1.165) is 35.2 Å². The number of aliphatic carboxylic acids is 1. The second-order valence-corrected chi connectivity index (χ2v) is 10.1. The largest absolute Gasteiger partial charge is 0.481 e. The van der Waals surface area contributed by atoms with Gasteiger partial charge in [-0.05, 0) is 60.9 Å². The number of carboxylic acid groups (broad SMARTS) is 1. The van der Waals surface area contributed by atoms with Gasteiger partial charge in [0.1, 0.15) is 0 Å². The summed E-state index contributed by atoms with van der Waals surface area (Å²) in [5, 5.41) is 13.0. The fraction of sp³-hybridized carbons (Fsp3) is 0.481. The molecule has 3 N–H and O–H groups in total. The molecule has 0 radical (unpaired) electrons. The van der Waals surface area contributed by atoms with Crippen molar-refractivity contribution < 1.29 is 9.90 Å². The second kappa shape index (κ2) is 9.08. The lowest BCUT2D eigenvalue weighted by atomic mass is 9.92. The molecular formula is C27H34N4O2. The Morgan fingerprint density at radius 2 is 1.97 bits per heavy atom. The third-order valence-corrected chi connectivity index (χ3v) is 7.09. The molecule has 1 heterocycles. The van der Waals surface area contributed by atoms with Gasteiger partial charge in [0.2, 0.25) is 5.95 Å². The topological polar surface area (TPSA) is 81.2 Å². The zero-order valence-corrected chi connectivity index (χ0v) is 19.6. The summed E-state index contributed by atoms with van der Waals surface area (Å²) in [6, 6.07) is 15.1. The molecular weight excluding hydrogens is 412 g/mol. The maximum atomic E-state index is 11.5. The molecule has 0 bridgehead atoms. The molecule has 0 spiro atoms. The number of para-hydroxylation sites is 2. The molecule has 0 aliphatic heterocycles. The molecule has 0 saturated heterocycles. The number of aromatic nitrogens is 2. The average Bonchev–Trinajstić information content (AvgIpc) is 3.51. The van der Waals surface area contributed by atoms with Crippen LogP contribution in [0.15, 0.2) is 42.5 Å². The molecule has 1 aromatic heterocycles. The fourth-order valence-corrected chi connectivity index (χ4v) is 5.34. The first-order valence-corrected chi connectivity index (χ1v) is 12.3. The zero-order chi connectivity index (χ0) is 22.9. The van der Waals surface area contributed by atoms with Crippen molar-refractivity contribution >= 4 is 34.3 Å². The quantitative estimate of drug-likeness (QED) is 0.379. The van der Waals surface area contributed by atoms with Crippen LogP contribution in [0.3, 0.4) is 0 Å². The highest BCUT2D eigenvalue weighted by atomic mass is 16.4. The van der Waals surface area contributed by atoms with Crippen LogP contribution in [0.25, 0.3) is 11.0 Å². The van der Waals surface area contributed by atoms with E-state index < -0.39 is 5.97 Å². The summed E-state index contributed by atoms with van der Waals surface area (Å²) in [6.07, 6.45) is 7.06. The molecule has 174 valence electrons. The molecule has 0 unspecified atom stereocenters. The molecule has 5 rings (SSSR count). The van der Waals surface area contributed by atoms with Crippen molar-refractivity contribution in [1.82, 2.24) is 9.97 Å². The number of fused-ring (bicyclic) bond motifs is 1. The van der Waals surface area contributed by atoms with Crippen molar-refractivity contribution in [3.8, 4) is 0 Å². The number of anilines is 3. The predicted molar refractivity (Wildman–Crippen MR) is 133 cm³/mol. The van der Waals surface area contributed by atoms with E-state index in [9.17, 15) is 9.90 Å². The van der Waals surface area contributed by atoms with Gasteiger partial charge < -0.3 is 20.3 Å². The standard InChI is InChI=1S/C27H34N4O2/c1-17(2)16-31(19-8-4-3-5-9-19)25-13-12-18(20-15-21(20)26(32)33)14-24(25)30-27-28-22-10-6-7-11-23(22)29-27/h6-7,10-14,17,19-21H,3-5,8-9,15-16H2,1-2H3,(H,32,33)(H2,28,29,30)/t20-,21-/m1/s1. The first kappa shape index (κ1) is 21.8. The number of imidazole rings is 1. The van der Waals surface area contributed by atoms with Gasteiger partial charge in [-0.15, -0.1) is 0 Å². The Hall–Kier alpha value is -3.02. The predicted octanol–water partition coefficient (Wildman–Crippen LogP) is 6.29. The van der Waals surface area contributed by atoms with E-state index >= 15 is 0 Å². The minimum Gasteiger partial charge on any atom is -0.481 e. The summed E-state index contributed by atoms with van der Waals surface area (Å²) < 4.78 is 0. The number of benzene rings is 2. The first-order chi connectivity index (χ1) is 16.0. The van der Waals surface area contributed by atoms with E-state index in [1.54, 1.807) is 0 Å². The summed E-state index contributed by atoms with van der Waals surface area (Å²) in [5.74, 6) is 0.402. The molecule has 2 saturated carbocycles. The van der Waals surface area contributed by atoms with E-state index in [1.807, 2.05) is 24.3 Å². The number of rotatable bonds is 8. The van der Waals surface area contributed by atoms with Gasteiger partial charge in [0.05, 0.1) is 28.3 Å². The molecule has 3 aromatic rings. The lowest BCUT2D eigenvalue weighted by molar-refractivity contribution is -0.138.